The van der Waals surface area contributed by atoms with Gasteiger partial charge in [-0.3, -0.25) is 0 Å². The van der Waals surface area contributed by atoms with E-state index in [0.29, 0.717) is 5.75 Å². The first-order valence-electron chi connectivity index (χ1n) is 5.50. The minimum atomic E-state index is 0.400. The number of hydrogen-bond acceptors (Lipinski definition) is 1. The molecule has 0 unspecified atom stereocenters. The van der Waals surface area contributed by atoms with Crippen molar-refractivity contribution in [3.05, 3.63) is 53.1 Å². The Labute approximate surface area is 98.1 Å². The molecule has 0 spiro atoms. The smallest absolute Gasteiger partial charge is 0.122 e. The Balaban J connectivity index is 3.14. The van der Waals surface area contributed by atoms with E-state index in [9.17, 15) is 5.11 Å². The molecule has 1 N–H and O–H groups in total. The van der Waals surface area contributed by atoms with Crippen LogP contribution in [-0.2, 0) is 12.8 Å². The summed E-state index contributed by atoms with van der Waals surface area (Å²) in [5.74, 6) is 0.400. The van der Waals surface area contributed by atoms with Gasteiger partial charge in [-0.1, -0.05) is 42.0 Å². The van der Waals surface area contributed by atoms with E-state index in [0.717, 1.165) is 35.1 Å². The lowest BCUT2D eigenvalue weighted by molar-refractivity contribution is 0.463. The Morgan fingerprint density at radius 1 is 1.06 bits per heavy atom. The van der Waals surface area contributed by atoms with Crippen LogP contribution in [0.5, 0.6) is 5.75 Å². The van der Waals surface area contributed by atoms with E-state index in [1.807, 2.05) is 32.9 Å². The third-order valence-corrected chi connectivity index (χ3v) is 2.40. The Morgan fingerprint density at radius 2 is 1.44 bits per heavy atom. The number of phenolic OH excluding ortho intramolecular Hbond substituents is 1. The van der Waals surface area contributed by atoms with Crippen molar-refractivity contribution in [3.8, 4) is 5.75 Å². The molecule has 0 aliphatic rings. The molecule has 0 saturated carbocycles. The molecular formula is C15H20O. The molecule has 0 fully saturated rings. The molecule has 0 amide bonds. The molecular weight excluding hydrogens is 196 g/mol. The normalized spacial score (nSPS) is 10.2. The lowest BCUT2D eigenvalue weighted by atomic mass is 9.97. The predicted molar refractivity (Wildman–Crippen MR) is 69.9 cm³/mol. The number of phenols is 1. The monoisotopic (exact) mass is 216 g/mol. The summed E-state index contributed by atoms with van der Waals surface area (Å²) in [6.45, 7) is 13.8. The third-order valence-electron chi connectivity index (χ3n) is 2.40. The zero-order valence-corrected chi connectivity index (χ0v) is 10.4. The fourth-order valence-corrected chi connectivity index (χ4v) is 1.85. The molecule has 0 atom stereocenters. The van der Waals surface area contributed by atoms with Crippen molar-refractivity contribution in [3.63, 3.8) is 0 Å². The van der Waals surface area contributed by atoms with E-state index >= 15 is 0 Å². The van der Waals surface area contributed by atoms with Crippen LogP contribution < -0.4 is 0 Å². The van der Waals surface area contributed by atoms with Gasteiger partial charge in [0.15, 0.2) is 0 Å². The van der Waals surface area contributed by atoms with Crippen molar-refractivity contribution in [2.45, 2.75) is 33.6 Å². The summed E-state index contributed by atoms with van der Waals surface area (Å²) in [7, 11) is 0. The number of aromatic hydroxyl groups is 1. The van der Waals surface area contributed by atoms with Crippen LogP contribution in [0.15, 0.2) is 36.4 Å². The maximum atomic E-state index is 10.1. The number of hydrogen-bond donors (Lipinski definition) is 1. The quantitative estimate of drug-likeness (QED) is 0.756. The molecule has 0 bridgehead atoms. The largest absolute Gasteiger partial charge is 0.507 e. The first kappa shape index (κ1) is 12.6. The Bertz CT molecular complexity index is 390. The second-order valence-corrected chi connectivity index (χ2v) is 4.70. The van der Waals surface area contributed by atoms with Crippen molar-refractivity contribution in [2.24, 2.45) is 0 Å². The van der Waals surface area contributed by atoms with Gasteiger partial charge in [-0.05, 0) is 44.7 Å². The van der Waals surface area contributed by atoms with E-state index < -0.39 is 0 Å². The van der Waals surface area contributed by atoms with Crippen molar-refractivity contribution in [1.82, 2.24) is 0 Å². The number of rotatable bonds is 4. The van der Waals surface area contributed by atoms with Gasteiger partial charge in [0.2, 0.25) is 0 Å². The molecule has 1 nitrogen and oxygen atoms in total. The summed E-state index contributed by atoms with van der Waals surface area (Å²) >= 11 is 0. The van der Waals surface area contributed by atoms with E-state index in [1.165, 1.54) is 5.56 Å². The van der Waals surface area contributed by atoms with Crippen LogP contribution in [0.1, 0.15) is 30.5 Å². The summed E-state index contributed by atoms with van der Waals surface area (Å²) in [5, 5.41) is 10.1. The molecule has 1 aromatic carbocycles. The van der Waals surface area contributed by atoms with Crippen molar-refractivity contribution in [2.75, 3.05) is 0 Å². The molecule has 0 heterocycles. The van der Waals surface area contributed by atoms with E-state index in [2.05, 4.69) is 13.2 Å². The minimum Gasteiger partial charge on any atom is -0.507 e. The van der Waals surface area contributed by atoms with Crippen molar-refractivity contribution < 1.29 is 5.11 Å². The molecule has 1 heteroatoms. The number of benzene rings is 1. The number of aryl methyl sites for hydroxylation is 1. The average Bonchev–Trinajstić information content (AvgIpc) is 2.11. The zero-order valence-electron chi connectivity index (χ0n) is 10.4. The third kappa shape index (κ3) is 3.27. The summed E-state index contributed by atoms with van der Waals surface area (Å²) in [6.07, 6.45) is 1.47. The molecule has 86 valence electrons. The highest BCUT2D eigenvalue weighted by Gasteiger charge is 2.08. The van der Waals surface area contributed by atoms with Crippen LogP contribution in [0.25, 0.3) is 0 Å². The fourth-order valence-electron chi connectivity index (χ4n) is 1.85. The molecule has 1 rings (SSSR count). The summed E-state index contributed by atoms with van der Waals surface area (Å²) in [4.78, 5) is 0. The first-order chi connectivity index (χ1) is 7.40. The van der Waals surface area contributed by atoms with Gasteiger partial charge in [0.05, 0.1) is 0 Å². The van der Waals surface area contributed by atoms with Gasteiger partial charge < -0.3 is 5.11 Å². The maximum Gasteiger partial charge on any atom is 0.122 e. The highest BCUT2D eigenvalue weighted by molar-refractivity contribution is 5.46. The van der Waals surface area contributed by atoms with Crippen molar-refractivity contribution in [1.29, 1.82) is 0 Å². The van der Waals surface area contributed by atoms with Gasteiger partial charge in [0, 0.05) is 0 Å². The average molecular weight is 216 g/mol. The minimum absolute atomic E-state index is 0.400. The van der Waals surface area contributed by atoms with Gasteiger partial charge in [-0.25, -0.2) is 0 Å². The highest BCUT2D eigenvalue weighted by atomic mass is 16.3. The van der Waals surface area contributed by atoms with Gasteiger partial charge >= 0.3 is 0 Å². The van der Waals surface area contributed by atoms with E-state index in [4.69, 9.17) is 0 Å². The SMILES string of the molecule is C=C(C)Cc1cc(C)cc(CC(=C)C)c1O. The summed E-state index contributed by atoms with van der Waals surface area (Å²) < 4.78 is 0. The number of allylic oxidation sites excluding steroid dienone is 2. The van der Waals surface area contributed by atoms with Crippen LogP contribution in [-0.4, -0.2) is 5.11 Å². The van der Waals surface area contributed by atoms with Crippen molar-refractivity contribution >= 4 is 0 Å². The van der Waals surface area contributed by atoms with Gasteiger partial charge in [-0.15, -0.1) is 0 Å². The molecule has 0 aliphatic carbocycles. The first-order valence-corrected chi connectivity index (χ1v) is 5.50. The second-order valence-electron chi connectivity index (χ2n) is 4.70. The Hall–Kier alpha value is -1.50. The summed E-state index contributed by atoms with van der Waals surface area (Å²) in [5.41, 5.74) is 5.21. The standard InChI is InChI=1S/C15H20O/c1-10(2)6-13-8-12(5)9-14(15(13)16)7-11(3)4/h8-9,16H,1,3,6-7H2,2,4-5H3. The molecule has 0 aromatic heterocycles. The molecule has 0 radical (unpaired) electrons. The molecule has 0 aliphatic heterocycles. The van der Waals surface area contributed by atoms with Crippen LogP contribution in [0.2, 0.25) is 0 Å². The van der Waals surface area contributed by atoms with Gasteiger partial charge in [-0.2, -0.15) is 0 Å². The maximum absolute atomic E-state index is 10.1. The predicted octanol–water partition coefficient (Wildman–Crippen LogP) is 3.94. The Morgan fingerprint density at radius 3 is 1.75 bits per heavy atom. The van der Waals surface area contributed by atoms with Crippen LogP contribution in [0.4, 0.5) is 0 Å². The molecule has 16 heavy (non-hydrogen) atoms. The Kier molecular flexibility index (Phi) is 3.94. The van der Waals surface area contributed by atoms with Gasteiger partial charge in [0.1, 0.15) is 5.75 Å². The second kappa shape index (κ2) is 5.02. The lowest BCUT2D eigenvalue weighted by Crippen LogP contribution is -1.95. The zero-order chi connectivity index (χ0) is 12.3. The van der Waals surface area contributed by atoms with Crippen LogP contribution in [0.3, 0.4) is 0 Å². The van der Waals surface area contributed by atoms with Crippen LogP contribution >= 0.6 is 0 Å². The summed E-state index contributed by atoms with van der Waals surface area (Å²) in [6, 6.07) is 4.04. The lowest BCUT2D eigenvalue weighted by Gasteiger charge is -2.11. The van der Waals surface area contributed by atoms with E-state index in [-0.39, 0.29) is 0 Å². The fraction of sp³-hybridized carbons (Fsp3) is 0.333. The molecule has 1 aromatic rings. The highest BCUT2D eigenvalue weighted by Crippen LogP contribution is 2.28. The molecule has 0 saturated heterocycles. The van der Waals surface area contributed by atoms with Gasteiger partial charge in [0.25, 0.3) is 0 Å². The van der Waals surface area contributed by atoms with E-state index in [1.54, 1.807) is 0 Å². The topological polar surface area (TPSA) is 20.2 Å². The van der Waals surface area contributed by atoms with Crippen LogP contribution in [0, 0.1) is 6.92 Å².